The lowest BCUT2D eigenvalue weighted by Gasteiger charge is -2.06. The Bertz CT molecular complexity index is 403. The molecule has 0 spiro atoms. The summed E-state index contributed by atoms with van der Waals surface area (Å²) in [6.45, 7) is 0. The maximum absolute atomic E-state index is 11.4. The summed E-state index contributed by atoms with van der Waals surface area (Å²) in [5, 5.41) is 24.2. The Morgan fingerprint density at radius 2 is 2.44 bits per heavy atom. The molecule has 1 rings (SSSR count). The van der Waals surface area contributed by atoms with Gasteiger partial charge in [-0.1, -0.05) is 5.16 Å². The summed E-state index contributed by atoms with van der Waals surface area (Å²) < 4.78 is 0. The molecule has 88 valence electrons. The molecule has 16 heavy (non-hydrogen) atoms. The van der Waals surface area contributed by atoms with Crippen LogP contribution in [0, 0.1) is 0 Å². The van der Waals surface area contributed by atoms with Crippen molar-refractivity contribution in [1.82, 2.24) is 10.3 Å². The lowest BCUT2D eigenvalue weighted by molar-refractivity contribution is -0.127. The Hall–Kier alpha value is -1.71. The van der Waals surface area contributed by atoms with E-state index in [9.17, 15) is 4.79 Å². The smallest absolute Gasteiger partial charge is 0.279 e. The molecular formula is C7H10N4O4S. The van der Waals surface area contributed by atoms with Gasteiger partial charge in [0.15, 0.2) is 10.8 Å². The molecular weight excluding hydrogens is 236 g/mol. The van der Waals surface area contributed by atoms with Gasteiger partial charge in [0, 0.05) is 5.38 Å². The molecule has 5 N–H and O–H groups in total. The Morgan fingerprint density at radius 1 is 1.75 bits per heavy atom. The van der Waals surface area contributed by atoms with Crippen molar-refractivity contribution in [3.63, 3.8) is 0 Å². The molecule has 0 aliphatic heterocycles. The number of carbonyl (C=O) groups excluding carboxylic acids is 1. The topological polar surface area (TPSA) is 130 Å². The molecule has 0 atom stereocenters. The van der Waals surface area contributed by atoms with Crippen molar-refractivity contribution in [1.29, 1.82) is 0 Å². The molecule has 0 fully saturated rings. The zero-order valence-corrected chi connectivity index (χ0v) is 9.06. The number of aromatic nitrogens is 1. The molecule has 1 heterocycles. The second-order valence-electron chi connectivity index (χ2n) is 2.54. The molecule has 0 bridgehead atoms. The van der Waals surface area contributed by atoms with Crippen LogP contribution in [0.25, 0.3) is 0 Å². The highest BCUT2D eigenvalue weighted by atomic mass is 32.1. The lowest BCUT2D eigenvalue weighted by atomic mass is 10.3. The number of thiazole rings is 1. The SMILES string of the molecule is CO/N=C(\C(=O)NC(O)O)c1csc(N)n1. The fourth-order valence-electron chi connectivity index (χ4n) is 0.878. The number of hydrogen-bond donors (Lipinski definition) is 4. The van der Waals surface area contributed by atoms with Gasteiger partial charge in [0.2, 0.25) is 6.41 Å². The average molecular weight is 246 g/mol. The highest BCUT2D eigenvalue weighted by Gasteiger charge is 2.19. The van der Waals surface area contributed by atoms with Crippen LogP contribution >= 0.6 is 11.3 Å². The van der Waals surface area contributed by atoms with Crippen LogP contribution in [0.15, 0.2) is 10.5 Å². The second kappa shape index (κ2) is 5.39. The number of nitrogens with one attached hydrogen (secondary N) is 1. The molecule has 0 aliphatic carbocycles. The number of aliphatic hydroxyl groups is 2. The Balaban J connectivity index is 2.92. The minimum Gasteiger partial charge on any atom is -0.398 e. The van der Waals surface area contributed by atoms with E-state index in [1.807, 2.05) is 5.32 Å². The van der Waals surface area contributed by atoms with Gasteiger partial charge in [-0.05, 0) is 0 Å². The van der Waals surface area contributed by atoms with E-state index in [2.05, 4.69) is 15.0 Å². The van der Waals surface area contributed by atoms with Gasteiger partial charge in [0.25, 0.3) is 5.91 Å². The third-order valence-electron chi connectivity index (χ3n) is 1.42. The molecule has 0 saturated heterocycles. The van der Waals surface area contributed by atoms with E-state index in [1.165, 1.54) is 12.5 Å². The predicted molar refractivity (Wildman–Crippen MR) is 56.4 cm³/mol. The van der Waals surface area contributed by atoms with E-state index in [4.69, 9.17) is 15.9 Å². The summed E-state index contributed by atoms with van der Waals surface area (Å²) in [5.74, 6) is -0.831. The number of oxime groups is 1. The molecule has 0 unspecified atom stereocenters. The number of nitrogen functional groups attached to an aromatic ring is 1. The van der Waals surface area contributed by atoms with Crippen molar-refractivity contribution < 1.29 is 19.8 Å². The number of amides is 1. The number of nitrogens with zero attached hydrogens (tertiary/aromatic N) is 2. The number of nitrogens with two attached hydrogens (primary N) is 1. The van der Waals surface area contributed by atoms with Crippen LogP contribution in [0.2, 0.25) is 0 Å². The average Bonchev–Trinajstić information content (AvgIpc) is 2.59. The van der Waals surface area contributed by atoms with Crippen molar-refractivity contribution in [2.45, 2.75) is 6.41 Å². The summed E-state index contributed by atoms with van der Waals surface area (Å²) in [4.78, 5) is 19.7. The van der Waals surface area contributed by atoms with Gasteiger partial charge in [-0.3, -0.25) is 4.79 Å². The maximum Gasteiger partial charge on any atom is 0.279 e. The number of carbonyl (C=O) groups is 1. The minimum absolute atomic E-state index is 0.191. The number of aliphatic hydroxyl groups excluding tert-OH is 1. The fraction of sp³-hybridized carbons (Fsp3) is 0.286. The van der Waals surface area contributed by atoms with E-state index >= 15 is 0 Å². The van der Waals surface area contributed by atoms with Crippen molar-refractivity contribution in [2.75, 3.05) is 12.8 Å². The second-order valence-corrected chi connectivity index (χ2v) is 3.43. The Kier molecular flexibility index (Phi) is 4.17. The third-order valence-corrected chi connectivity index (χ3v) is 2.10. The molecule has 8 nitrogen and oxygen atoms in total. The number of anilines is 1. The van der Waals surface area contributed by atoms with Crippen LogP contribution in [0.3, 0.4) is 0 Å². The molecule has 0 saturated carbocycles. The van der Waals surface area contributed by atoms with E-state index in [1.54, 1.807) is 0 Å². The van der Waals surface area contributed by atoms with Gasteiger partial charge < -0.3 is 26.1 Å². The summed E-state index contributed by atoms with van der Waals surface area (Å²) in [6.07, 6.45) is -1.98. The molecule has 1 aromatic heterocycles. The highest BCUT2D eigenvalue weighted by molar-refractivity contribution is 7.13. The Labute approximate surface area is 94.4 Å². The molecule has 1 aromatic rings. The first kappa shape index (κ1) is 12.4. The van der Waals surface area contributed by atoms with Gasteiger partial charge >= 0.3 is 0 Å². The zero-order chi connectivity index (χ0) is 12.1. The van der Waals surface area contributed by atoms with E-state index in [0.717, 1.165) is 11.3 Å². The highest BCUT2D eigenvalue weighted by Crippen LogP contribution is 2.12. The first-order valence-corrected chi connectivity index (χ1v) is 4.92. The van der Waals surface area contributed by atoms with Crippen LogP contribution in [0.1, 0.15) is 5.69 Å². The quantitative estimate of drug-likeness (QED) is 0.289. The van der Waals surface area contributed by atoms with Crippen molar-refractivity contribution in [3.05, 3.63) is 11.1 Å². The maximum atomic E-state index is 11.4. The molecule has 0 aromatic carbocycles. The zero-order valence-electron chi connectivity index (χ0n) is 8.25. The first-order chi connectivity index (χ1) is 7.54. The van der Waals surface area contributed by atoms with Crippen LogP contribution in [0.5, 0.6) is 0 Å². The van der Waals surface area contributed by atoms with Crippen molar-refractivity contribution >= 4 is 28.1 Å². The predicted octanol–water partition coefficient (Wildman–Crippen LogP) is -1.54. The van der Waals surface area contributed by atoms with Gasteiger partial charge in [0.05, 0.1) is 0 Å². The van der Waals surface area contributed by atoms with E-state index in [-0.39, 0.29) is 16.5 Å². The van der Waals surface area contributed by atoms with Crippen molar-refractivity contribution in [2.24, 2.45) is 5.16 Å². The van der Waals surface area contributed by atoms with Gasteiger partial charge in [-0.15, -0.1) is 11.3 Å². The van der Waals surface area contributed by atoms with Crippen LogP contribution < -0.4 is 11.1 Å². The lowest BCUT2D eigenvalue weighted by Crippen LogP contribution is -2.39. The summed E-state index contributed by atoms with van der Waals surface area (Å²) in [5.41, 5.74) is 5.40. The van der Waals surface area contributed by atoms with Crippen molar-refractivity contribution in [3.8, 4) is 0 Å². The molecule has 9 heteroatoms. The molecule has 0 radical (unpaired) electrons. The third kappa shape index (κ3) is 3.15. The molecule has 1 amide bonds. The van der Waals surface area contributed by atoms with E-state index < -0.39 is 12.3 Å². The monoisotopic (exact) mass is 246 g/mol. The Morgan fingerprint density at radius 3 is 2.88 bits per heavy atom. The summed E-state index contributed by atoms with van der Waals surface area (Å²) in [7, 11) is 1.25. The van der Waals surface area contributed by atoms with E-state index in [0.29, 0.717) is 0 Å². The van der Waals surface area contributed by atoms with Crippen LogP contribution in [0.4, 0.5) is 5.13 Å². The fourth-order valence-corrected chi connectivity index (χ4v) is 1.43. The summed E-state index contributed by atoms with van der Waals surface area (Å²) >= 11 is 1.12. The first-order valence-electron chi connectivity index (χ1n) is 4.04. The number of rotatable bonds is 4. The summed E-state index contributed by atoms with van der Waals surface area (Å²) in [6, 6.07) is 0. The number of hydrogen-bond acceptors (Lipinski definition) is 8. The van der Waals surface area contributed by atoms with Crippen LogP contribution in [-0.2, 0) is 9.63 Å². The molecule has 0 aliphatic rings. The normalized spacial score (nSPS) is 11.6. The standard InChI is InChI=1S/C7H10N4O4S/c1-15-11-4(5(12)10-7(13)14)3-2-16-6(8)9-3/h2,7,13-14H,1H3,(H2,8,9)(H,10,12)/b11-4-. The van der Waals surface area contributed by atoms with Gasteiger partial charge in [-0.25, -0.2) is 4.98 Å². The minimum atomic E-state index is -1.98. The van der Waals surface area contributed by atoms with Gasteiger partial charge in [-0.2, -0.15) is 0 Å². The van der Waals surface area contributed by atoms with Gasteiger partial charge in [0.1, 0.15) is 12.8 Å². The van der Waals surface area contributed by atoms with Crippen LogP contribution in [-0.4, -0.2) is 40.3 Å². The largest absolute Gasteiger partial charge is 0.398 e.